The van der Waals surface area contributed by atoms with Crippen molar-refractivity contribution >= 4 is 23.6 Å². The number of carbonyl (C=O) groups is 2. The molecular weight excluding hydrogens is 338 g/mol. The number of hydrogen-bond donors (Lipinski definition) is 2. The Balaban J connectivity index is 2.20. The molecule has 1 heterocycles. The van der Waals surface area contributed by atoms with Crippen LogP contribution in [0, 0.1) is 0 Å². The van der Waals surface area contributed by atoms with Crippen LogP contribution in [0.3, 0.4) is 0 Å². The van der Waals surface area contributed by atoms with Crippen LogP contribution in [0.2, 0.25) is 0 Å². The number of hydrazine groups is 1. The van der Waals surface area contributed by atoms with E-state index in [2.05, 4.69) is 12.3 Å². The summed E-state index contributed by atoms with van der Waals surface area (Å²) in [5.74, 6) is 5.93. The Hall–Kier alpha value is -0.790. The number of hydrogen-bond acceptors (Lipinski definition) is 5. The van der Waals surface area contributed by atoms with E-state index < -0.39 is 5.25 Å². The van der Waals surface area contributed by atoms with Gasteiger partial charge in [-0.2, -0.15) is 0 Å². The smallest absolute Gasteiger partial charge is 0.247 e. The molecule has 2 amide bonds. The summed E-state index contributed by atoms with van der Waals surface area (Å²) in [4.78, 5) is 26.0. The highest BCUT2D eigenvalue weighted by atomic mass is 32.2. The average molecular weight is 374 g/mol. The first-order valence-electron chi connectivity index (χ1n) is 9.66. The maximum atomic E-state index is 12.3. The molecule has 1 rings (SSSR count). The molecular formula is C18H35N3O3S. The molecule has 1 atom stereocenters. The van der Waals surface area contributed by atoms with Crippen molar-refractivity contribution in [3.05, 3.63) is 0 Å². The molecule has 0 aliphatic carbocycles. The molecule has 1 saturated heterocycles. The molecule has 25 heavy (non-hydrogen) atoms. The van der Waals surface area contributed by atoms with Gasteiger partial charge in [0, 0.05) is 19.5 Å². The minimum Gasteiger partial charge on any atom is -0.378 e. The second-order valence-electron chi connectivity index (χ2n) is 6.54. The van der Waals surface area contributed by atoms with Crippen molar-refractivity contribution in [1.29, 1.82) is 0 Å². The first kappa shape index (κ1) is 22.3. The zero-order valence-corrected chi connectivity index (χ0v) is 16.5. The number of morpholine rings is 1. The lowest BCUT2D eigenvalue weighted by Gasteiger charge is -2.28. The molecule has 0 spiro atoms. The van der Waals surface area contributed by atoms with Crippen LogP contribution in [0.5, 0.6) is 0 Å². The topological polar surface area (TPSA) is 84.7 Å². The predicted molar refractivity (Wildman–Crippen MR) is 103 cm³/mol. The van der Waals surface area contributed by atoms with E-state index in [4.69, 9.17) is 10.6 Å². The van der Waals surface area contributed by atoms with Gasteiger partial charge in [0.25, 0.3) is 0 Å². The number of ether oxygens (including phenoxy) is 1. The van der Waals surface area contributed by atoms with E-state index in [9.17, 15) is 9.59 Å². The monoisotopic (exact) mass is 373 g/mol. The quantitative estimate of drug-likeness (QED) is 0.224. The largest absolute Gasteiger partial charge is 0.378 e. The first-order valence-corrected chi connectivity index (χ1v) is 10.7. The zero-order chi connectivity index (χ0) is 18.3. The molecule has 146 valence electrons. The van der Waals surface area contributed by atoms with E-state index in [1.807, 2.05) is 0 Å². The molecule has 1 aliphatic rings. The van der Waals surface area contributed by atoms with Crippen LogP contribution in [0.1, 0.15) is 64.7 Å². The summed E-state index contributed by atoms with van der Waals surface area (Å²) in [6.07, 6.45) is 10.3. The fourth-order valence-corrected chi connectivity index (χ4v) is 4.02. The van der Waals surface area contributed by atoms with Gasteiger partial charge in [0.15, 0.2) is 0 Å². The second kappa shape index (κ2) is 14.4. The van der Waals surface area contributed by atoms with Gasteiger partial charge in [0.1, 0.15) is 0 Å². The van der Waals surface area contributed by atoms with Gasteiger partial charge in [0.05, 0.1) is 18.5 Å². The molecule has 3 N–H and O–H groups in total. The van der Waals surface area contributed by atoms with Gasteiger partial charge >= 0.3 is 0 Å². The predicted octanol–water partition coefficient (Wildman–Crippen LogP) is 2.47. The molecule has 0 aromatic rings. The average Bonchev–Trinajstić information content (AvgIpc) is 2.65. The van der Waals surface area contributed by atoms with E-state index >= 15 is 0 Å². The lowest BCUT2D eigenvalue weighted by molar-refractivity contribution is -0.136. The van der Waals surface area contributed by atoms with Gasteiger partial charge in [-0.3, -0.25) is 15.0 Å². The standard InChI is InChI=1S/C18H35N3O3S/c1-2-3-4-5-6-7-8-9-14-25-16(18(23)20-19)15-17(22)21-10-12-24-13-11-21/h16H,2-15,19H2,1H3,(H,20,23). The minimum atomic E-state index is -0.398. The third-order valence-electron chi connectivity index (χ3n) is 4.48. The summed E-state index contributed by atoms with van der Waals surface area (Å²) in [5.41, 5.74) is 2.20. The maximum absolute atomic E-state index is 12.3. The van der Waals surface area contributed by atoms with E-state index in [-0.39, 0.29) is 18.2 Å². The van der Waals surface area contributed by atoms with Crippen molar-refractivity contribution in [2.75, 3.05) is 32.1 Å². The summed E-state index contributed by atoms with van der Waals surface area (Å²) in [6, 6.07) is 0. The number of amides is 2. The van der Waals surface area contributed by atoms with Gasteiger partial charge in [-0.1, -0.05) is 51.9 Å². The number of thioether (sulfide) groups is 1. The van der Waals surface area contributed by atoms with Crippen LogP contribution in [0.25, 0.3) is 0 Å². The Labute approximate surface area is 156 Å². The maximum Gasteiger partial charge on any atom is 0.247 e. The van der Waals surface area contributed by atoms with Crippen LogP contribution in [0.4, 0.5) is 0 Å². The lowest BCUT2D eigenvalue weighted by atomic mass is 10.1. The molecule has 1 fully saturated rings. The van der Waals surface area contributed by atoms with Crippen molar-refractivity contribution in [2.24, 2.45) is 5.84 Å². The number of nitrogens with two attached hydrogens (primary N) is 1. The van der Waals surface area contributed by atoms with Gasteiger partial charge in [0.2, 0.25) is 11.8 Å². The van der Waals surface area contributed by atoms with E-state index in [0.717, 1.165) is 12.2 Å². The Morgan fingerprint density at radius 3 is 2.28 bits per heavy atom. The minimum absolute atomic E-state index is 0.0142. The second-order valence-corrected chi connectivity index (χ2v) is 7.85. The van der Waals surface area contributed by atoms with Crippen LogP contribution in [0.15, 0.2) is 0 Å². The SMILES string of the molecule is CCCCCCCCCCSC(CC(=O)N1CCOCC1)C(=O)NN. The van der Waals surface area contributed by atoms with Crippen molar-refractivity contribution in [3.8, 4) is 0 Å². The summed E-state index contributed by atoms with van der Waals surface area (Å²) < 4.78 is 5.26. The summed E-state index contributed by atoms with van der Waals surface area (Å²) >= 11 is 1.55. The van der Waals surface area contributed by atoms with E-state index in [0.29, 0.717) is 26.3 Å². The lowest BCUT2D eigenvalue weighted by Crippen LogP contribution is -2.44. The molecule has 1 unspecified atom stereocenters. The number of nitrogens with zero attached hydrogens (tertiary/aromatic N) is 1. The molecule has 0 aromatic heterocycles. The summed E-state index contributed by atoms with van der Waals surface area (Å²) in [6.45, 7) is 4.60. The van der Waals surface area contributed by atoms with Crippen LogP contribution < -0.4 is 11.3 Å². The number of carbonyl (C=O) groups excluding carboxylic acids is 2. The van der Waals surface area contributed by atoms with E-state index in [1.54, 1.807) is 16.7 Å². The Bertz CT molecular complexity index is 377. The highest BCUT2D eigenvalue weighted by Crippen LogP contribution is 2.19. The summed E-state index contributed by atoms with van der Waals surface area (Å²) in [5, 5.41) is -0.398. The third kappa shape index (κ3) is 10.1. The Morgan fingerprint density at radius 1 is 1.08 bits per heavy atom. The van der Waals surface area contributed by atoms with Gasteiger partial charge in [-0.15, -0.1) is 11.8 Å². The number of nitrogens with one attached hydrogen (secondary N) is 1. The Kier molecular flexibility index (Phi) is 12.8. The normalized spacial score (nSPS) is 15.8. The van der Waals surface area contributed by atoms with Crippen LogP contribution >= 0.6 is 11.8 Å². The van der Waals surface area contributed by atoms with Gasteiger partial charge in [-0.05, 0) is 12.2 Å². The molecule has 0 aromatic carbocycles. The molecule has 1 aliphatic heterocycles. The highest BCUT2D eigenvalue weighted by molar-refractivity contribution is 8.00. The summed E-state index contributed by atoms with van der Waals surface area (Å²) in [7, 11) is 0. The molecule has 0 saturated carbocycles. The highest BCUT2D eigenvalue weighted by Gasteiger charge is 2.25. The number of unbranched alkanes of at least 4 members (excludes halogenated alkanes) is 7. The van der Waals surface area contributed by atoms with Crippen molar-refractivity contribution < 1.29 is 14.3 Å². The van der Waals surface area contributed by atoms with Crippen molar-refractivity contribution in [3.63, 3.8) is 0 Å². The van der Waals surface area contributed by atoms with Crippen molar-refractivity contribution in [1.82, 2.24) is 10.3 Å². The number of rotatable bonds is 13. The third-order valence-corrected chi connectivity index (χ3v) is 5.78. The Morgan fingerprint density at radius 2 is 1.68 bits per heavy atom. The zero-order valence-electron chi connectivity index (χ0n) is 15.6. The van der Waals surface area contributed by atoms with Crippen molar-refractivity contribution in [2.45, 2.75) is 70.0 Å². The van der Waals surface area contributed by atoms with Crippen LogP contribution in [-0.4, -0.2) is 54.0 Å². The van der Waals surface area contributed by atoms with E-state index in [1.165, 1.54) is 44.9 Å². The van der Waals surface area contributed by atoms with Gasteiger partial charge in [-0.25, -0.2) is 5.84 Å². The fourth-order valence-electron chi connectivity index (χ4n) is 2.88. The molecule has 7 heteroatoms. The fraction of sp³-hybridized carbons (Fsp3) is 0.889. The molecule has 6 nitrogen and oxygen atoms in total. The molecule has 0 bridgehead atoms. The first-order chi connectivity index (χ1) is 12.2. The van der Waals surface area contributed by atoms with Gasteiger partial charge < -0.3 is 9.64 Å². The van der Waals surface area contributed by atoms with Crippen LogP contribution in [-0.2, 0) is 14.3 Å². The molecule has 0 radical (unpaired) electrons.